The minimum atomic E-state index is 0.401. The van der Waals surface area contributed by atoms with Gasteiger partial charge in [-0.3, -0.25) is 0 Å². The molecular formula is C17H21N3O2. The standard InChI is InChI=1S/C17H21N3O2/c1-21-16-5-3-2-4-13(16)6-8-18-17-10-15(19-12-20-17)14-7-9-22-11-14/h2-5,10,12,14H,6-9,11H2,1H3,(H,18,19,20)/t14-/m1/s1. The zero-order valence-corrected chi connectivity index (χ0v) is 12.8. The predicted molar refractivity (Wildman–Crippen MR) is 85.4 cm³/mol. The minimum Gasteiger partial charge on any atom is -0.496 e. The zero-order chi connectivity index (χ0) is 15.2. The molecule has 1 aromatic carbocycles. The number of para-hydroxylation sites is 1. The van der Waals surface area contributed by atoms with Crippen molar-refractivity contribution in [1.29, 1.82) is 0 Å². The van der Waals surface area contributed by atoms with Gasteiger partial charge in [0, 0.05) is 25.1 Å². The predicted octanol–water partition coefficient (Wildman–Crippen LogP) is 2.64. The first kappa shape index (κ1) is 14.8. The molecule has 1 fully saturated rings. The van der Waals surface area contributed by atoms with Crippen molar-refractivity contribution >= 4 is 5.82 Å². The average Bonchev–Trinajstić information content (AvgIpc) is 3.10. The van der Waals surface area contributed by atoms with E-state index in [0.717, 1.165) is 49.9 Å². The van der Waals surface area contributed by atoms with Crippen LogP contribution in [0.1, 0.15) is 23.6 Å². The molecule has 1 N–H and O–H groups in total. The van der Waals surface area contributed by atoms with Crippen LogP contribution >= 0.6 is 0 Å². The summed E-state index contributed by atoms with van der Waals surface area (Å²) in [7, 11) is 1.70. The number of nitrogens with one attached hydrogen (secondary N) is 1. The Morgan fingerprint density at radius 1 is 1.32 bits per heavy atom. The van der Waals surface area contributed by atoms with Gasteiger partial charge in [0.2, 0.25) is 0 Å². The van der Waals surface area contributed by atoms with Crippen molar-refractivity contribution in [3.63, 3.8) is 0 Å². The Labute approximate surface area is 130 Å². The van der Waals surface area contributed by atoms with E-state index in [0.29, 0.717) is 5.92 Å². The Kier molecular flexibility index (Phi) is 4.85. The van der Waals surface area contributed by atoms with E-state index in [9.17, 15) is 0 Å². The van der Waals surface area contributed by atoms with Crippen LogP contribution in [0.3, 0.4) is 0 Å². The average molecular weight is 299 g/mol. The first-order valence-electron chi connectivity index (χ1n) is 7.62. The summed E-state index contributed by atoms with van der Waals surface area (Å²) in [5.74, 6) is 2.19. The molecule has 5 nitrogen and oxygen atoms in total. The normalized spacial score (nSPS) is 17.4. The van der Waals surface area contributed by atoms with Gasteiger partial charge in [-0.25, -0.2) is 9.97 Å². The van der Waals surface area contributed by atoms with Crippen LogP contribution in [0.25, 0.3) is 0 Å². The highest BCUT2D eigenvalue weighted by Crippen LogP contribution is 2.24. The second-order valence-electron chi connectivity index (χ2n) is 5.38. The number of aromatic nitrogens is 2. The number of anilines is 1. The molecule has 3 rings (SSSR count). The van der Waals surface area contributed by atoms with Crippen LogP contribution in [0, 0.1) is 0 Å². The number of nitrogens with zero attached hydrogens (tertiary/aromatic N) is 2. The van der Waals surface area contributed by atoms with Crippen LogP contribution in [0.15, 0.2) is 36.7 Å². The zero-order valence-electron chi connectivity index (χ0n) is 12.8. The molecular weight excluding hydrogens is 278 g/mol. The first-order chi connectivity index (χ1) is 10.9. The van der Waals surface area contributed by atoms with Gasteiger partial charge in [-0.2, -0.15) is 0 Å². The van der Waals surface area contributed by atoms with E-state index in [2.05, 4.69) is 21.4 Å². The molecule has 0 unspecified atom stereocenters. The van der Waals surface area contributed by atoms with Gasteiger partial charge in [-0.15, -0.1) is 0 Å². The van der Waals surface area contributed by atoms with E-state index in [1.165, 1.54) is 5.56 Å². The number of rotatable bonds is 6. The molecule has 0 aliphatic carbocycles. The van der Waals surface area contributed by atoms with Crippen molar-refractivity contribution in [2.75, 3.05) is 32.2 Å². The van der Waals surface area contributed by atoms with Gasteiger partial charge in [0.05, 0.1) is 19.4 Å². The Hall–Kier alpha value is -2.14. The summed E-state index contributed by atoms with van der Waals surface area (Å²) in [6.45, 7) is 2.39. The molecule has 2 heterocycles. The fraction of sp³-hybridized carbons (Fsp3) is 0.412. The first-order valence-corrected chi connectivity index (χ1v) is 7.62. The van der Waals surface area contributed by atoms with E-state index >= 15 is 0 Å². The Morgan fingerprint density at radius 2 is 2.23 bits per heavy atom. The highest BCUT2D eigenvalue weighted by molar-refractivity contribution is 5.38. The lowest BCUT2D eigenvalue weighted by Gasteiger charge is -2.11. The van der Waals surface area contributed by atoms with Crippen molar-refractivity contribution < 1.29 is 9.47 Å². The van der Waals surface area contributed by atoms with E-state index in [-0.39, 0.29) is 0 Å². The molecule has 0 saturated carbocycles. The Morgan fingerprint density at radius 3 is 3.05 bits per heavy atom. The van der Waals surface area contributed by atoms with Crippen LogP contribution in [0.5, 0.6) is 5.75 Å². The molecule has 0 bridgehead atoms. The second-order valence-corrected chi connectivity index (χ2v) is 5.38. The fourth-order valence-corrected chi connectivity index (χ4v) is 2.69. The van der Waals surface area contributed by atoms with Crippen LogP contribution in [0.4, 0.5) is 5.82 Å². The van der Waals surface area contributed by atoms with Crippen molar-refractivity contribution in [2.45, 2.75) is 18.8 Å². The van der Waals surface area contributed by atoms with Crippen molar-refractivity contribution in [2.24, 2.45) is 0 Å². The Bertz CT molecular complexity index is 612. The highest BCUT2D eigenvalue weighted by atomic mass is 16.5. The van der Waals surface area contributed by atoms with Crippen molar-refractivity contribution in [3.8, 4) is 5.75 Å². The van der Waals surface area contributed by atoms with Crippen molar-refractivity contribution in [3.05, 3.63) is 47.9 Å². The Balaban J connectivity index is 1.58. The van der Waals surface area contributed by atoms with Gasteiger partial charge < -0.3 is 14.8 Å². The SMILES string of the molecule is COc1ccccc1CCNc1cc([C@@H]2CCOC2)ncn1. The van der Waals surface area contributed by atoms with Gasteiger partial charge in [0.15, 0.2) is 0 Å². The molecule has 2 aromatic rings. The molecule has 1 aliphatic rings. The number of hydrogen-bond acceptors (Lipinski definition) is 5. The van der Waals surface area contributed by atoms with Gasteiger partial charge in [0.25, 0.3) is 0 Å². The van der Waals surface area contributed by atoms with E-state index in [1.54, 1.807) is 13.4 Å². The third-order valence-corrected chi connectivity index (χ3v) is 3.93. The minimum absolute atomic E-state index is 0.401. The molecule has 1 aliphatic heterocycles. The summed E-state index contributed by atoms with van der Waals surface area (Å²) in [4.78, 5) is 8.65. The van der Waals surface area contributed by atoms with E-state index in [4.69, 9.17) is 9.47 Å². The van der Waals surface area contributed by atoms with Gasteiger partial charge >= 0.3 is 0 Å². The molecule has 5 heteroatoms. The van der Waals surface area contributed by atoms with Crippen LogP contribution in [-0.2, 0) is 11.2 Å². The summed E-state index contributed by atoms with van der Waals surface area (Å²) >= 11 is 0. The van der Waals surface area contributed by atoms with Gasteiger partial charge in [0.1, 0.15) is 17.9 Å². The maximum Gasteiger partial charge on any atom is 0.129 e. The number of ether oxygens (including phenoxy) is 2. The van der Waals surface area contributed by atoms with Crippen LogP contribution < -0.4 is 10.1 Å². The number of benzene rings is 1. The molecule has 0 amide bonds. The topological polar surface area (TPSA) is 56.3 Å². The third kappa shape index (κ3) is 3.54. The van der Waals surface area contributed by atoms with Crippen molar-refractivity contribution in [1.82, 2.24) is 9.97 Å². The van der Waals surface area contributed by atoms with Gasteiger partial charge in [-0.1, -0.05) is 18.2 Å². The van der Waals surface area contributed by atoms with Crippen LogP contribution in [0.2, 0.25) is 0 Å². The molecule has 1 aromatic heterocycles. The van der Waals surface area contributed by atoms with E-state index < -0.39 is 0 Å². The smallest absolute Gasteiger partial charge is 0.129 e. The lowest BCUT2D eigenvalue weighted by molar-refractivity contribution is 0.193. The molecule has 1 atom stereocenters. The monoisotopic (exact) mass is 299 g/mol. The fourth-order valence-electron chi connectivity index (χ4n) is 2.69. The molecule has 0 spiro atoms. The van der Waals surface area contributed by atoms with Gasteiger partial charge in [-0.05, 0) is 24.5 Å². The summed E-state index contributed by atoms with van der Waals surface area (Å²) < 4.78 is 10.8. The summed E-state index contributed by atoms with van der Waals surface area (Å²) in [5, 5.41) is 3.36. The summed E-state index contributed by atoms with van der Waals surface area (Å²) in [6.07, 6.45) is 3.55. The molecule has 116 valence electrons. The third-order valence-electron chi connectivity index (χ3n) is 3.93. The summed E-state index contributed by atoms with van der Waals surface area (Å²) in [6, 6.07) is 10.1. The number of methoxy groups -OCH3 is 1. The highest BCUT2D eigenvalue weighted by Gasteiger charge is 2.19. The molecule has 0 radical (unpaired) electrons. The van der Waals surface area contributed by atoms with E-state index in [1.807, 2.05) is 24.3 Å². The largest absolute Gasteiger partial charge is 0.496 e. The van der Waals surface area contributed by atoms with Crippen LogP contribution in [-0.4, -0.2) is 36.8 Å². The lowest BCUT2D eigenvalue weighted by atomic mass is 10.1. The molecule has 22 heavy (non-hydrogen) atoms. The quantitative estimate of drug-likeness (QED) is 0.888. The lowest BCUT2D eigenvalue weighted by Crippen LogP contribution is -2.09. The second kappa shape index (κ2) is 7.22. The summed E-state index contributed by atoms with van der Waals surface area (Å²) in [5.41, 5.74) is 2.25. The number of hydrogen-bond donors (Lipinski definition) is 1. The maximum atomic E-state index is 5.42. The molecule has 1 saturated heterocycles. The maximum absolute atomic E-state index is 5.42.